The molecule has 5 nitrogen and oxygen atoms in total. The number of hydrogen-bond acceptors (Lipinski definition) is 3. The number of benzene rings is 2. The maximum atomic E-state index is 10.9. The summed E-state index contributed by atoms with van der Waals surface area (Å²) in [6, 6.07) is 18.3. The van der Waals surface area contributed by atoms with E-state index in [-0.39, 0.29) is 5.56 Å². The van der Waals surface area contributed by atoms with Crippen molar-refractivity contribution in [3.05, 3.63) is 66.2 Å². The summed E-state index contributed by atoms with van der Waals surface area (Å²) in [5.41, 5.74) is 3.61. The number of fused-ring (bicyclic) bond motifs is 1. The lowest BCUT2D eigenvalue weighted by Gasteiger charge is -2.00. The minimum Gasteiger partial charge on any atom is -0.493 e. The molecule has 0 unspecified atom stereocenters. The summed E-state index contributed by atoms with van der Waals surface area (Å²) >= 11 is 0. The molecule has 124 valence electrons. The summed E-state index contributed by atoms with van der Waals surface area (Å²) in [7, 11) is 1.62. The molecule has 0 saturated carbocycles. The van der Waals surface area contributed by atoms with Gasteiger partial charge in [-0.3, -0.25) is 0 Å². The van der Waals surface area contributed by atoms with E-state index in [0.717, 1.165) is 22.3 Å². The van der Waals surface area contributed by atoms with Gasteiger partial charge in [0.25, 0.3) is 0 Å². The van der Waals surface area contributed by atoms with E-state index in [4.69, 9.17) is 14.3 Å². The van der Waals surface area contributed by atoms with Crippen molar-refractivity contribution in [2.45, 2.75) is 0 Å². The van der Waals surface area contributed by atoms with Gasteiger partial charge in [0.2, 0.25) is 0 Å². The molecule has 2 heterocycles. The van der Waals surface area contributed by atoms with Crippen molar-refractivity contribution in [2.24, 2.45) is 0 Å². The SMILES string of the molecule is COc1cccc2cc(-c3ccc(-c4ccc(C(=O)O)cc4)[nH]3)oc12. The molecule has 5 heteroatoms. The number of furan rings is 1. The summed E-state index contributed by atoms with van der Waals surface area (Å²) in [5, 5.41) is 9.95. The van der Waals surface area contributed by atoms with Crippen LogP contribution in [0.15, 0.2) is 65.1 Å². The van der Waals surface area contributed by atoms with E-state index < -0.39 is 5.97 Å². The Morgan fingerprint density at radius 1 is 1.04 bits per heavy atom. The fourth-order valence-corrected chi connectivity index (χ4v) is 2.83. The molecule has 2 aromatic heterocycles. The van der Waals surface area contributed by atoms with Gasteiger partial charge in [0.15, 0.2) is 17.1 Å². The van der Waals surface area contributed by atoms with Gasteiger partial charge in [-0.05, 0) is 42.0 Å². The fraction of sp³-hybridized carbons (Fsp3) is 0.0500. The smallest absolute Gasteiger partial charge is 0.335 e. The Kier molecular flexibility index (Phi) is 3.54. The summed E-state index contributed by atoms with van der Waals surface area (Å²) in [5.74, 6) is 0.475. The maximum absolute atomic E-state index is 10.9. The monoisotopic (exact) mass is 333 g/mol. The highest BCUT2D eigenvalue weighted by Crippen LogP contribution is 2.34. The quantitative estimate of drug-likeness (QED) is 0.562. The van der Waals surface area contributed by atoms with Gasteiger partial charge in [0.1, 0.15) is 0 Å². The van der Waals surface area contributed by atoms with E-state index in [1.807, 2.05) is 36.4 Å². The second kappa shape index (κ2) is 5.87. The molecule has 0 spiro atoms. The first-order valence-corrected chi connectivity index (χ1v) is 7.75. The molecule has 0 bridgehead atoms. The van der Waals surface area contributed by atoms with Gasteiger partial charge in [0, 0.05) is 11.1 Å². The van der Waals surface area contributed by atoms with E-state index in [1.165, 1.54) is 0 Å². The Bertz CT molecular complexity index is 1060. The van der Waals surface area contributed by atoms with Crippen LogP contribution in [0.25, 0.3) is 33.7 Å². The summed E-state index contributed by atoms with van der Waals surface area (Å²) < 4.78 is 11.3. The van der Waals surface area contributed by atoms with Crippen LogP contribution in [-0.4, -0.2) is 23.2 Å². The Hall–Kier alpha value is -3.47. The summed E-state index contributed by atoms with van der Waals surface area (Å²) in [6.45, 7) is 0. The predicted octanol–water partition coefficient (Wildman–Crippen LogP) is 4.80. The van der Waals surface area contributed by atoms with Crippen LogP contribution in [0.5, 0.6) is 5.75 Å². The number of ether oxygens (including phenoxy) is 1. The van der Waals surface area contributed by atoms with Crippen molar-refractivity contribution in [1.82, 2.24) is 4.98 Å². The number of aromatic nitrogens is 1. The van der Waals surface area contributed by atoms with Crippen LogP contribution in [0, 0.1) is 0 Å². The van der Waals surface area contributed by atoms with E-state index >= 15 is 0 Å². The van der Waals surface area contributed by atoms with Crippen molar-refractivity contribution in [3.8, 4) is 28.5 Å². The van der Waals surface area contributed by atoms with E-state index in [0.29, 0.717) is 17.1 Å². The molecule has 4 aromatic rings. The highest BCUT2D eigenvalue weighted by molar-refractivity contribution is 5.89. The molecular weight excluding hydrogens is 318 g/mol. The van der Waals surface area contributed by atoms with E-state index in [1.54, 1.807) is 31.4 Å². The van der Waals surface area contributed by atoms with Crippen molar-refractivity contribution in [2.75, 3.05) is 7.11 Å². The van der Waals surface area contributed by atoms with Crippen LogP contribution in [0.3, 0.4) is 0 Å². The van der Waals surface area contributed by atoms with Crippen molar-refractivity contribution in [1.29, 1.82) is 0 Å². The number of aromatic amines is 1. The highest BCUT2D eigenvalue weighted by atomic mass is 16.5. The number of methoxy groups -OCH3 is 1. The third-order valence-corrected chi connectivity index (χ3v) is 4.12. The first-order valence-electron chi connectivity index (χ1n) is 7.75. The molecular formula is C20H15NO4. The molecule has 0 aliphatic rings. The molecule has 2 N–H and O–H groups in total. The molecule has 0 saturated heterocycles. The number of carboxylic acids is 1. The number of para-hydroxylation sites is 1. The zero-order chi connectivity index (χ0) is 17.4. The largest absolute Gasteiger partial charge is 0.493 e. The average molecular weight is 333 g/mol. The maximum Gasteiger partial charge on any atom is 0.335 e. The molecule has 0 aliphatic carbocycles. The standard InChI is InChI=1S/C20H15NO4/c1-24-17-4-2-3-14-11-18(25-19(14)17)16-10-9-15(21-16)12-5-7-13(8-6-12)20(22)23/h2-11,21H,1H3,(H,22,23). The first-order chi connectivity index (χ1) is 12.2. The van der Waals surface area contributed by atoms with Crippen molar-refractivity contribution in [3.63, 3.8) is 0 Å². The van der Waals surface area contributed by atoms with Crippen LogP contribution in [-0.2, 0) is 0 Å². The van der Waals surface area contributed by atoms with Gasteiger partial charge in [-0.1, -0.05) is 24.3 Å². The predicted molar refractivity (Wildman–Crippen MR) is 94.9 cm³/mol. The topological polar surface area (TPSA) is 75.5 Å². The Morgan fingerprint density at radius 2 is 1.80 bits per heavy atom. The minimum absolute atomic E-state index is 0.264. The molecule has 4 rings (SSSR count). The normalized spacial score (nSPS) is 10.9. The van der Waals surface area contributed by atoms with Gasteiger partial charge in [0.05, 0.1) is 18.4 Å². The molecule has 2 aromatic carbocycles. The number of aromatic carboxylic acids is 1. The number of nitrogens with one attached hydrogen (secondary N) is 1. The molecule has 0 amide bonds. The summed E-state index contributed by atoms with van der Waals surface area (Å²) in [4.78, 5) is 14.3. The lowest BCUT2D eigenvalue weighted by Crippen LogP contribution is -1.94. The number of rotatable bonds is 4. The molecule has 25 heavy (non-hydrogen) atoms. The van der Waals surface area contributed by atoms with Gasteiger partial charge >= 0.3 is 5.97 Å². The van der Waals surface area contributed by atoms with Gasteiger partial charge in [-0.25, -0.2) is 4.79 Å². The zero-order valence-electron chi connectivity index (χ0n) is 13.4. The number of hydrogen-bond donors (Lipinski definition) is 2. The van der Waals surface area contributed by atoms with Gasteiger partial charge < -0.3 is 19.2 Å². The fourth-order valence-electron chi connectivity index (χ4n) is 2.83. The lowest BCUT2D eigenvalue weighted by molar-refractivity contribution is 0.0697. The Balaban J connectivity index is 1.70. The lowest BCUT2D eigenvalue weighted by atomic mass is 10.1. The van der Waals surface area contributed by atoms with E-state index in [9.17, 15) is 4.79 Å². The van der Waals surface area contributed by atoms with E-state index in [2.05, 4.69) is 4.98 Å². The summed E-state index contributed by atoms with van der Waals surface area (Å²) in [6.07, 6.45) is 0. The molecule has 0 atom stereocenters. The first kappa shape index (κ1) is 15.1. The average Bonchev–Trinajstić information content (AvgIpc) is 3.28. The third-order valence-electron chi connectivity index (χ3n) is 4.12. The number of carboxylic acid groups (broad SMARTS) is 1. The van der Waals surface area contributed by atoms with Crippen LogP contribution >= 0.6 is 0 Å². The minimum atomic E-state index is -0.935. The third kappa shape index (κ3) is 2.65. The second-order valence-corrected chi connectivity index (χ2v) is 5.66. The highest BCUT2D eigenvalue weighted by Gasteiger charge is 2.12. The van der Waals surface area contributed by atoms with Crippen LogP contribution in [0.1, 0.15) is 10.4 Å². The van der Waals surface area contributed by atoms with Crippen molar-refractivity contribution < 1.29 is 19.1 Å². The van der Waals surface area contributed by atoms with Crippen LogP contribution in [0.2, 0.25) is 0 Å². The van der Waals surface area contributed by atoms with Gasteiger partial charge in [-0.2, -0.15) is 0 Å². The van der Waals surface area contributed by atoms with Gasteiger partial charge in [-0.15, -0.1) is 0 Å². The number of H-pyrrole nitrogens is 1. The molecule has 0 radical (unpaired) electrons. The molecule has 0 aliphatic heterocycles. The van der Waals surface area contributed by atoms with Crippen molar-refractivity contribution >= 4 is 16.9 Å². The second-order valence-electron chi connectivity index (χ2n) is 5.66. The van der Waals surface area contributed by atoms with Crippen LogP contribution < -0.4 is 4.74 Å². The zero-order valence-corrected chi connectivity index (χ0v) is 13.4. The Morgan fingerprint density at radius 3 is 2.52 bits per heavy atom. The van der Waals surface area contributed by atoms with Crippen LogP contribution in [0.4, 0.5) is 0 Å². The molecule has 0 fully saturated rings. The Labute approximate surface area is 143 Å². The number of carbonyl (C=O) groups is 1.